The topological polar surface area (TPSA) is 86.8 Å². The number of ether oxygens (including phenoxy) is 1. The zero-order valence-electron chi connectivity index (χ0n) is 9.31. The van der Waals surface area contributed by atoms with E-state index in [2.05, 4.69) is 20.2 Å². The van der Waals surface area contributed by atoms with Crippen LogP contribution >= 0.6 is 0 Å². The molecule has 0 unspecified atom stereocenters. The zero-order chi connectivity index (χ0) is 12.4. The molecule has 0 bridgehead atoms. The van der Waals surface area contributed by atoms with Crippen molar-refractivity contribution < 1.29 is 9.13 Å². The summed E-state index contributed by atoms with van der Waals surface area (Å²) >= 11 is 0. The number of halogens is 1. The van der Waals surface area contributed by atoms with Gasteiger partial charge in [0.05, 0.1) is 12.8 Å². The maximum absolute atomic E-state index is 13.2. The van der Waals surface area contributed by atoms with Crippen LogP contribution in [-0.4, -0.2) is 27.3 Å². The van der Waals surface area contributed by atoms with Crippen molar-refractivity contribution in [3.05, 3.63) is 23.6 Å². The molecule has 2 aromatic rings. The predicted octanol–water partition coefficient (Wildman–Crippen LogP) is 0.972. The lowest BCUT2D eigenvalue weighted by Gasteiger charge is -2.04. The lowest BCUT2D eigenvalue weighted by atomic mass is 10.3. The van der Waals surface area contributed by atoms with Crippen molar-refractivity contribution in [3.8, 4) is 17.4 Å². The Hall–Kier alpha value is -2.31. The maximum atomic E-state index is 13.2. The number of nitrogens with zero attached hydrogens (tertiary/aromatic N) is 4. The van der Waals surface area contributed by atoms with Crippen LogP contribution in [0.25, 0.3) is 11.5 Å². The van der Waals surface area contributed by atoms with Crippen molar-refractivity contribution >= 4 is 5.82 Å². The van der Waals surface area contributed by atoms with Crippen LogP contribution < -0.4 is 10.5 Å². The van der Waals surface area contributed by atoms with Crippen LogP contribution in [0.3, 0.4) is 0 Å². The van der Waals surface area contributed by atoms with Crippen LogP contribution in [0.2, 0.25) is 0 Å². The van der Waals surface area contributed by atoms with Gasteiger partial charge in [0.2, 0.25) is 5.88 Å². The molecule has 0 spiro atoms. The fourth-order valence-electron chi connectivity index (χ4n) is 1.24. The number of methoxy groups -OCH3 is 1. The van der Waals surface area contributed by atoms with Crippen LogP contribution in [0, 0.1) is 12.7 Å². The van der Waals surface area contributed by atoms with E-state index in [9.17, 15) is 4.39 Å². The van der Waals surface area contributed by atoms with Crippen molar-refractivity contribution in [1.82, 2.24) is 20.2 Å². The lowest BCUT2D eigenvalue weighted by Crippen LogP contribution is -2.04. The second-order valence-corrected chi connectivity index (χ2v) is 3.29. The quantitative estimate of drug-likeness (QED) is 0.834. The number of hydrogen-bond acceptors (Lipinski definition) is 6. The molecule has 0 atom stereocenters. The molecule has 7 heteroatoms. The standard InChI is InChI=1S/C10H10FN5O/c1-5-8(11)9(12)14-10(13-5)6-3-4-7(17-2)16-15-6/h3-4H,1-2H3,(H2,12,13,14). The van der Waals surface area contributed by atoms with Gasteiger partial charge in [0.1, 0.15) is 5.69 Å². The highest BCUT2D eigenvalue weighted by Crippen LogP contribution is 2.18. The van der Waals surface area contributed by atoms with E-state index in [1.807, 2.05) is 0 Å². The molecule has 2 N–H and O–H groups in total. The molecule has 0 aliphatic carbocycles. The Morgan fingerprint density at radius 3 is 2.53 bits per heavy atom. The molecule has 0 aliphatic heterocycles. The largest absolute Gasteiger partial charge is 0.480 e. The van der Waals surface area contributed by atoms with Gasteiger partial charge in [-0.05, 0) is 13.0 Å². The molecule has 0 aliphatic rings. The first kappa shape index (κ1) is 11.2. The van der Waals surface area contributed by atoms with Gasteiger partial charge < -0.3 is 10.5 Å². The maximum Gasteiger partial charge on any atom is 0.233 e. The number of rotatable bonds is 2. The second kappa shape index (κ2) is 4.28. The van der Waals surface area contributed by atoms with Gasteiger partial charge in [-0.15, -0.1) is 10.2 Å². The van der Waals surface area contributed by atoms with Crippen molar-refractivity contribution in [2.75, 3.05) is 12.8 Å². The van der Waals surface area contributed by atoms with Crippen molar-refractivity contribution in [3.63, 3.8) is 0 Å². The fraction of sp³-hybridized carbons (Fsp3) is 0.200. The minimum atomic E-state index is -0.616. The first-order valence-corrected chi connectivity index (χ1v) is 4.79. The molecular weight excluding hydrogens is 225 g/mol. The second-order valence-electron chi connectivity index (χ2n) is 3.29. The van der Waals surface area contributed by atoms with E-state index in [0.29, 0.717) is 11.6 Å². The minimum absolute atomic E-state index is 0.171. The summed E-state index contributed by atoms with van der Waals surface area (Å²) in [5.41, 5.74) is 5.99. The number of nitrogens with two attached hydrogens (primary N) is 1. The van der Waals surface area contributed by atoms with Gasteiger partial charge in [-0.25, -0.2) is 14.4 Å². The summed E-state index contributed by atoms with van der Waals surface area (Å²) in [6, 6.07) is 3.23. The molecule has 2 aromatic heterocycles. The molecule has 0 radical (unpaired) electrons. The molecule has 2 heterocycles. The van der Waals surface area contributed by atoms with E-state index >= 15 is 0 Å². The average Bonchev–Trinajstić information content (AvgIpc) is 2.35. The summed E-state index contributed by atoms with van der Waals surface area (Å²) in [7, 11) is 1.49. The molecule has 0 aromatic carbocycles. The van der Waals surface area contributed by atoms with Crippen LogP contribution in [-0.2, 0) is 0 Å². The Bertz CT molecular complexity index is 520. The van der Waals surface area contributed by atoms with E-state index in [4.69, 9.17) is 10.5 Å². The summed E-state index contributed by atoms with van der Waals surface area (Å²) < 4.78 is 18.1. The van der Waals surface area contributed by atoms with Crippen LogP contribution in [0.4, 0.5) is 10.2 Å². The highest BCUT2D eigenvalue weighted by Gasteiger charge is 2.11. The summed E-state index contributed by atoms with van der Waals surface area (Å²) in [5.74, 6) is -0.211. The van der Waals surface area contributed by atoms with Gasteiger partial charge in [-0.2, -0.15) is 0 Å². The molecule has 0 amide bonds. The van der Waals surface area contributed by atoms with Gasteiger partial charge in [0.25, 0.3) is 0 Å². The third-order valence-corrected chi connectivity index (χ3v) is 2.12. The molecule has 17 heavy (non-hydrogen) atoms. The Balaban J connectivity index is 2.45. The van der Waals surface area contributed by atoms with E-state index in [1.165, 1.54) is 14.0 Å². The minimum Gasteiger partial charge on any atom is -0.480 e. The van der Waals surface area contributed by atoms with Crippen molar-refractivity contribution in [2.45, 2.75) is 6.92 Å². The van der Waals surface area contributed by atoms with Crippen molar-refractivity contribution in [2.24, 2.45) is 0 Å². The monoisotopic (exact) mass is 235 g/mol. The summed E-state index contributed by atoms with van der Waals surface area (Å²) in [6.45, 7) is 1.51. The SMILES string of the molecule is COc1ccc(-c2nc(C)c(F)c(N)n2)nn1. The number of nitrogen functional groups attached to an aromatic ring is 1. The Kier molecular flexibility index (Phi) is 2.82. The Morgan fingerprint density at radius 1 is 1.24 bits per heavy atom. The lowest BCUT2D eigenvalue weighted by molar-refractivity contribution is 0.392. The third kappa shape index (κ3) is 2.12. The van der Waals surface area contributed by atoms with E-state index in [-0.39, 0.29) is 17.3 Å². The molecule has 0 saturated carbocycles. The molecular formula is C10H10FN5O. The number of hydrogen-bond donors (Lipinski definition) is 1. The number of aromatic nitrogens is 4. The highest BCUT2D eigenvalue weighted by atomic mass is 19.1. The van der Waals surface area contributed by atoms with Gasteiger partial charge >= 0.3 is 0 Å². The third-order valence-electron chi connectivity index (χ3n) is 2.12. The Labute approximate surface area is 96.7 Å². The van der Waals surface area contributed by atoms with Gasteiger partial charge in [0, 0.05) is 6.07 Å². The summed E-state index contributed by atoms with van der Waals surface area (Å²) in [5, 5.41) is 7.62. The van der Waals surface area contributed by atoms with Gasteiger partial charge in [0.15, 0.2) is 17.5 Å². The average molecular weight is 235 g/mol. The smallest absolute Gasteiger partial charge is 0.233 e. The molecule has 2 rings (SSSR count). The highest BCUT2D eigenvalue weighted by molar-refractivity contribution is 5.52. The van der Waals surface area contributed by atoms with E-state index in [0.717, 1.165) is 0 Å². The fourth-order valence-corrected chi connectivity index (χ4v) is 1.24. The van der Waals surface area contributed by atoms with E-state index in [1.54, 1.807) is 12.1 Å². The first-order chi connectivity index (χ1) is 8.11. The summed E-state index contributed by atoms with van der Waals surface area (Å²) in [6.07, 6.45) is 0. The molecule has 88 valence electrons. The zero-order valence-corrected chi connectivity index (χ0v) is 9.31. The van der Waals surface area contributed by atoms with Crippen LogP contribution in [0.1, 0.15) is 5.69 Å². The predicted molar refractivity (Wildman–Crippen MR) is 58.7 cm³/mol. The number of aryl methyl sites for hydroxylation is 1. The van der Waals surface area contributed by atoms with Crippen molar-refractivity contribution in [1.29, 1.82) is 0 Å². The first-order valence-electron chi connectivity index (χ1n) is 4.79. The molecule has 0 saturated heterocycles. The van der Waals surface area contributed by atoms with E-state index < -0.39 is 5.82 Å². The van der Waals surface area contributed by atoms with Crippen LogP contribution in [0.15, 0.2) is 12.1 Å². The molecule has 6 nitrogen and oxygen atoms in total. The number of anilines is 1. The van der Waals surface area contributed by atoms with Gasteiger partial charge in [-0.3, -0.25) is 0 Å². The molecule has 0 fully saturated rings. The van der Waals surface area contributed by atoms with Crippen LogP contribution in [0.5, 0.6) is 5.88 Å². The van der Waals surface area contributed by atoms with Gasteiger partial charge in [-0.1, -0.05) is 0 Å². The normalized spacial score (nSPS) is 10.3. The summed E-state index contributed by atoms with van der Waals surface area (Å²) in [4.78, 5) is 7.76. The Morgan fingerprint density at radius 2 is 2.00 bits per heavy atom.